The minimum atomic E-state index is -3.01. The first kappa shape index (κ1) is 18.8. The highest BCUT2D eigenvalue weighted by atomic mass is 31.2. The lowest BCUT2D eigenvalue weighted by atomic mass is 11.5. The highest BCUT2D eigenvalue weighted by molar-refractivity contribution is 7.57. The summed E-state index contributed by atoms with van der Waals surface area (Å²) in [4.78, 5) is 3.38. The van der Waals surface area contributed by atoms with Crippen LogP contribution in [0, 0.1) is 0 Å². The van der Waals surface area contributed by atoms with Crippen molar-refractivity contribution in [3.8, 4) is 0 Å². The van der Waals surface area contributed by atoms with Crippen molar-refractivity contribution in [3.63, 3.8) is 0 Å². The highest BCUT2D eigenvalue weighted by Crippen LogP contribution is 2.52. The molecule has 4 nitrogen and oxygen atoms in total. The molecule has 0 fully saturated rings. The Kier molecular flexibility index (Phi) is 6.29. The predicted molar refractivity (Wildman–Crippen MR) is 87.8 cm³/mol. The van der Waals surface area contributed by atoms with Gasteiger partial charge in [0.25, 0.3) is 0 Å². The van der Waals surface area contributed by atoms with E-state index in [0.717, 1.165) is 0 Å². The SMILES string of the molecule is C[Si](C)(C)NCP(=O)(O[Si](C)(C)C)O[Si](C)(C)C. The number of rotatable bonds is 7. The minimum absolute atomic E-state index is 0.345. The second kappa shape index (κ2) is 6.03. The van der Waals surface area contributed by atoms with Gasteiger partial charge in [0.2, 0.25) is 0 Å². The average molecular weight is 328 g/mol. The molecule has 0 aromatic heterocycles. The van der Waals surface area contributed by atoms with Gasteiger partial charge in [0.05, 0.1) is 6.29 Å². The Morgan fingerprint density at radius 2 is 1.17 bits per heavy atom. The molecule has 0 saturated heterocycles. The van der Waals surface area contributed by atoms with E-state index >= 15 is 0 Å². The van der Waals surface area contributed by atoms with Gasteiger partial charge in [-0.2, -0.15) is 0 Å². The molecule has 18 heavy (non-hydrogen) atoms. The maximum atomic E-state index is 12.9. The third-order valence-corrected chi connectivity index (χ3v) is 10.3. The first-order valence-electron chi connectivity index (χ1n) is 6.38. The maximum Gasteiger partial charge on any atom is 0.324 e. The summed E-state index contributed by atoms with van der Waals surface area (Å²) in [5.41, 5.74) is 0. The van der Waals surface area contributed by atoms with Gasteiger partial charge in [-0.05, 0) is 39.3 Å². The summed E-state index contributed by atoms with van der Waals surface area (Å²) >= 11 is 0. The standard InChI is InChI=1S/C10H30NO3PSi3/c1-16(2,3)11-10-15(12,13-17(4,5)6)14-18(7,8)9/h11H,10H2,1-9H3. The van der Waals surface area contributed by atoms with E-state index in [0.29, 0.717) is 6.29 Å². The number of hydrogen-bond acceptors (Lipinski definition) is 4. The van der Waals surface area contributed by atoms with Gasteiger partial charge in [-0.15, -0.1) is 0 Å². The van der Waals surface area contributed by atoms with E-state index in [1.54, 1.807) is 0 Å². The van der Waals surface area contributed by atoms with Crippen LogP contribution in [0.15, 0.2) is 0 Å². The van der Waals surface area contributed by atoms with Crippen LogP contribution in [0.4, 0.5) is 0 Å². The lowest BCUT2D eigenvalue weighted by molar-refractivity contribution is 0.381. The first-order chi connectivity index (χ1) is 7.62. The molecule has 0 aliphatic heterocycles. The molecule has 0 saturated carbocycles. The van der Waals surface area contributed by atoms with E-state index < -0.39 is 32.5 Å². The van der Waals surface area contributed by atoms with Crippen LogP contribution in [0.3, 0.4) is 0 Å². The summed E-state index contributed by atoms with van der Waals surface area (Å²) < 4.78 is 24.6. The smallest absolute Gasteiger partial charge is 0.324 e. The van der Waals surface area contributed by atoms with Gasteiger partial charge in [-0.25, -0.2) is 0 Å². The average Bonchev–Trinajstić information content (AvgIpc) is 1.91. The zero-order chi connectivity index (χ0) is 14.8. The summed E-state index contributed by atoms with van der Waals surface area (Å²) in [6.07, 6.45) is 0.345. The summed E-state index contributed by atoms with van der Waals surface area (Å²) in [5.74, 6) is 0. The van der Waals surface area contributed by atoms with E-state index in [4.69, 9.17) is 8.43 Å². The van der Waals surface area contributed by atoms with Crippen molar-refractivity contribution in [3.05, 3.63) is 0 Å². The molecule has 0 bridgehead atoms. The molecule has 8 heteroatoms. The van der Waals surface area contributed by atoms with Crippen molar-refractivity contribution in [1.29, 1.82) is 0 Å². The first-order valence-corrected chi connectivity index (χ1v) is 18.4. The zero-order valence-electron chi connectivity index (χ0n) is 13.4. The van der Waals surface area contributed by atoms with Crippen LogP contribution in [0.1, 0.15) is 0 Å². The lowest BCUT2D eigenvalue weighted by Gasteiger charge is -2.32. The van der Waals surface area contributed by atoms with Gasteiger partial charge in [-0.3, -0.25) is 4.57 Å². The van der Waals surface area contributed by atoms with Crippen molar-refractivity contribution in [2.45, 2.75) is 58.9 Å². The fourth-order valence-corrected chi connectivity index (χ4v) is 11.6. The van der Waals surface area contributed by atoms with E-state index in [-0.39, 0.29) is 0 Å². The van der Waals surface area contributed by atoms with Gasteiger partial charge < -0.3 is 13.4 Å². The van der Waals surface area contributed by atoms with Gasteiger partial charge in [0, 0.05) is 0 Å². The third kappa shape index (κ3) is 10.7. The molecule has 0 aromatic rings. The molecule has 0 heterocycles. The number of nitrogens with one attached hydrogen (secondary N) is 1. The topological polar surface area (TPSA) is 47.6 Å². The summed E-state index contributed by atoms with van der Waals surface area (Å²) in [6.45, 7) is 18.8. The van der Waals surface area contributed by atoms with Crippen LogP contribution in [-0.4, -0.2) is 31.2 Å². The van der Waals surface area contributed by atoms with Crippen molar-refractivity contribution in [1.82, 2.24) is 4.98 Å². The molecule has 0 aliphatic rings. The third-order valence-electron chi connectivity index (χ3n) is 1.63. The highest BCUT2D eigenvalue weighted by Gasteiger charge is 2.37. The van der Waals surface area contributed by atoms with Gasteiger partial charge in [0.15, 0.2) is 16.6 Å². The van der Waals surface area contributed by atoms with Crippen LogP contribution in [-0.2, 0) is 13.0 Å². The number of hydrogen-bond donors (Lipinski definition) is 1. The molecular formula is C10H30NO3PSi3. The Hall–Kier alpha value is 0.761. The molecule has 0 atom stereocenters. The van der Waals surface area contributed by atoms with E-state index in [2.05, 4.69) is 24.6 Å². The minimum Gasteiger partial charge on any atom is -0.351 e. The van der Waals surface area contributed by atoms with Crippen LogP contribution in [0.5, 0.6) is 0 Å². The Balaban J connectivity index is 4.88. The van der Waals surface area contributed by atoms with Crippen molar-refractivity contribution < 1.29 is 13.0 Å². The Morgan fingerprint density at radius 3 is 1.39 bits per heavy atom. The molecule has 0 aliphatic carbocycles. The quantitative estimate of drug-likeness (QED) is 0.560. The second-order valence-electron chi connectivity index (χ2n) is 7.60. The van der Waals surface area contributed by atoms with Gasteiger partial charge in [0.1, 0.15) is 8.24 Å². The fraction of sp³-hybridized carbons (Fsp3) is 1.00. The molecular weight excluding hydrogens is 297 g/mol. The Labute approximate surface area is 116 Å². The van der Waals surface area contributed by atoms with E-state index in [9.17, 15) is 4.57 Å². The largest absolute Gasteiger partial charge is 0.351 e. The molecule has 0 spiro atoms. The van der Waals surface area contributed by atoms with Crippen LogP contribution < -0.4 is 4.98 Å². The molecule has 0 amide bonds. The normalized spacial score (nSPS) is 14.9. The fourth-order valence-electron chi connectivity index (χ4n) is 1.25. The summed E-state index contributed by atoms with van der Waals surface area (Å²) in [7, 11) is -8.24. The second-order valence-corrected chi connectivity index (χ2v) is 23.9. The van der Waals surface area contributed by atoms with E-state index in [1.165, 1.54) is 0 Å². The molecule has 0 rings (SSSR count). The summed E-state index contributed by atoms with van der Waals surface area (Å²) in [6, 6.07) is 0. The van der Waals surface area contributed by atoms with Crippen molar-refractivity contribution in [2.75, 3.05) is 6.29 Å². The monoisotopic (exact) mass is 327 g/mol. The zero-order valence-corrected chi connectivity index (χ0v) is 17.3. The molecule has 110 valence electrons. The Morgan fingerprint density at radius 1 is 0.833 bits per heavy atom. The van der Waals surface area contributed by atoms with Gasteiger partial charge in [-0.1, -0.05) is 19.6 Å². The van der Waals surface area contributed by atoms with Crippen molar-refractivity contribution >= 4 is 32.5 Å². The lowest BCUT2D eigenvalue weighted by Crippen LogP contribution is -2.43. The van der Waals surface area contributed by atoms with Crippen LogP contribution in [0.2, 0.25) is 58.9 Å². The van der Waals surface area contributed by atoms with Crippen molar-refractivity contribution in [2.24, 2.45) is 0 Å². The molecule has 0 unspecified atom stereocenters. The molecule has 1 N–H and O–H groups in total. The van der Waals surface area contributed by atoms with Crippen LogP contribution in [0.25, 0.3) is 0 Å². The molecule has 0 aromatic carbocycles. The Bertz CT molecular complexity index is 298. The van der Waals surface area contributed by atoms with Crippen LogP contribution >= 0.6 is 7.60 Å². The maximum absolute atomic E-state index is 12.9. The van der Waals surface area contributed by atoms with Gasteiger partial charge >= 0.3 is 7.60 Å². The summed E-state index contributed by atoms with van der Waals surface area (Å²) in [5, 5.41) is 0. The predicted octanol–water partition coefficient (Wildman–Crippen LogP) is 4.26. The molecule has 0 radical (unpaired) electrons. The van der Waals surface area contributed by atoms with E-state index in [1.807, 2.05) is 39.3 Å².